The zero-order valence-electron chi connectivity index (χ0n) is 8.49. The summed E-state index contributed by atoms with van der Waals surface area (Å²) in [4.78, 5) is 0. The lowest BCUT2D eigenvalue weighted by atomic mass is 9.84. The minimum absolute atomic E-state index is 0.254. The maximum absolute atomic E-state index is 4.07. The van der Waals surface area contributed by atoms with Gasteiger partial charge in [-0.1, -0.05) is 44.6 Å². The van der Waals surface area contributed by atoms with E-state index in [2.05, 4.69) is 47.3 Å². The van der Waals surface area contributed by atoms with Crippen molar-refractivity contribution in [2.75, 3.05) is 0 Å². The summed E-state index contributed by atoms with van der Waals surface area (Å²) in [5.41, 5.74) is 2.97. The molecule has 0 heteroatoms. The van der Waals surface area contributed by atoms with Gasteiger partial charge in [-0.15, -0.1) is 0 Å². The highest BCUT2D eigenvalue weighted by Crippen LogP contribution is 2.28. The molecule has 0 spiro atoms. The van der Waals surface area contributed by atoms with Crippen molar-refractivity contribution in [1.29, 1.82) is 0 Å². The summed E-state index contributed by atoms with van der Waals surface area (Å²) < 4.78 is 0. The summed E-state index contributed by atoms with van der Waals surface area (Å²) in [5.74, 6) is 0. The summed E-state index contributed by atoms with van der Waals surface area (Å²) in [6.07, 6.45) is 3.19. The maximum Gasteiger partial charge on any atom is -0.0109 e. The monoisotopic (exact) mass is 152 g/mol. The zero-order chi connectivity index (χ0) is 9.07. The largest absolute Gasteiger partial charge is 0.0990 e. The number of hydrogen-bond acceptors (Lipinski definition) is 0. The van der Waals surface area contributed by atoms with E-state index >= 15 is 0 Å². The number of hydrogen-bond donors (Lipinski definition) is 0. The van der Waals surface area contributed by atoms with Crippen LogP contribution in [0.1, 0.15) is 41.0 Å². The molecule has 0 saturated carbocycles. The van der Waals surface area contributed by atoms with Crippen molar-refractivity contribution in [3.8, 4) is 0 Å². The molecule has 0 aromatic carbocycles. The van der Waals surface area contributed by atoms with Crippen molar-refractivity contribution < 1.29 is 0 Å². The second-order valence-electron chi connectivity index (χ2n) is 4.17. The highest BCUT2D eigenvalue weighted by atomic mass is 14.2. The highest BCUT2D eigenvalue weighted by molar-refractivity contribution is 5.15. The third-order valence-corrected chi connectivity index (χ3v) is 2.05. The smallest absolute Gasteiger partial charge is 0.0109 e. The number of rotatable bonds is 2. The van der Waals surface area contributed by atoms with Gasteiger partial charge in [0.25, 0.3) is 0 Å². The molecule has 0 aromatic heterocycles. The molecule has 0 aromatic rings. The number of allylic oxidation sites excluding steroid dienone is 3. The van der Waals surface area contributed by atoms with Crippen molar-refractivity contribution >= 4 is 0 Å². The predicted molar refractivity (Wildman–Crippen MR) is 52.6 cm³/mol. The summed E-state index contributed by atoms with van der Waals surface area (Å²) in [6.45, 7) is 14.9. The molecular formula is C11H20. The van der Waals surface area contributed by atoms with Gasteiger partial charge in [-0.3, -0.25) is 0 Å². The first-order valence-electron chi connectivity index (χ1n) is 4.18. The Morgan fingerprint density at radius 3 is 2.09 bits per heavy atom. The summed E-state index contributed by atoms with van der Waals surface area (Å²) in [6, 6.07) is 0. The molecule has 0 atom stereocenters. The van der Waals surface area contributed by atoms with Crippen LogP contribution in [-0.2, 0) is 0 Å². The average molecular weight is 152 g/mol. The van der Waals surface area contributed by atoms with Crippen LogP contribution in [0.5, 0.6) is 0 Å². The molecule has 0 heterocycles. The van der Waals surface area contributed by atoms with Gasteiger partial charge in [-0.05, 0) is 25.7 Å². The normalized spacial score (nSPS) is 13.4. The Hall–Kier alpha value is -0.520. The minimum atomic E-state index is 0.254. The average Bonchev–Trinajstić information content (AvgIpc) is 1.85. The Balaban J connectivity index is 4.10. The zero-order valence-corrected chi connectivity index (χ0v) is 8.49. The molecule has 11 heavy (non-hydrogen) atoms. The summed E-state index contributed by atoms with van der Waals surface area (Å²) in [7, 11) is 0. The summed E-state index contributed by atoms with van der Waals surface area (Å²) in [5, 5.41) is 0. The molecule has 0 amide bonds. The predicted octanol–water partition coefficient (Wildman–Crippen LogP) is 3.95. The molecular weight excluding hydrogens is 132 g/mol. The molecule has 0 bridgehead atoms. The fourth-order valence-electron chi connectivity index (χ4n) is 0.704. The highest BCUT2D eigenvalue weighted by Gasteiger charge is 2.14. The lowest BCUT2D eigenvalue weighted by Crippen LogP contribution is -2.08. The van der Waals surface area contributed by atoms with E-state index in [4.69, 9.17) is 0 Å². The molecule has 0 aliphatic carbocycles. The summed E-state index contributed by atoms with van der Waals surface area (Å²) >= 11 is 0. The van der Waals surface area contributed by atoms with Crippen LogP contribution in [-0.4, -0.2) is 0 Å². The topological polar surface area (TPSA) is 0 Å². The van der Waals surface area contributed by atoms with Crippen LogP contribution >= 0.6 is 0 Å². The first kappa shape index (κ1) is 10.5. The maximum atomic E-state index is 4.07. The van der Waals surface area contributed by atoms with Gasteiger partial charge in [0, 0.05) is 0 Å². The molecule has 0 saturated heterocycles. The van der Waals surface area contributed by atoms with Gasteiger partial charge in [0.05, 0.1) is 0 Å². The molecule has 0 radical (unpaired) electrons. The lowest BCUT2D eigenvalue weighted by molar-refractivity contribution is 0.493. The van der Waals surface area contributed by atoms with Gasteiger partial charge in [-0.2, -0.15) is 0 Å². The minimum Gasteiger partial charge on any atom is -0.0990 e. The molecule has 0 aliphatic rings. The van der Waals surface area contributed by atoms with Crippen LogP contribution in [0.3, 0.4) is 0 Å². The van der Waals surface area contributed by atoms with E-state index in [0.29, 0.717) is 0 Å². The van der Waals surface area contributed by atoms with Crippen LogP contribution < -0.4 is 0 Å². The van der Waals surface area contributed by atoms with Crippen LogP contribution in [0, 0.1) is 5.41 Å². The van der Waals surface area contributed by atoms with Gasteiger partial charge >= 0.3 is 0 Å². The fourth-order valence-corrected chi connectivity index (χ4v) is 0.704. The second-order valence-corrected chi connectivity index (χ2v) is 4.17. The third-order valence-electron chi connectivity index (χ3n) is 2.05. The van der Waals surface area contributed by atoms with Gasteiger partial charge < -0.3 is 0 Å². The van der Waals surface area contributed by atoms with Crippen molar-refractivity contribution in [2.24, 2.45) is 5.41 Å². The van der Waals surface area contributed by atoms with E-state index in [1.807, 2.05) is 0 Å². The Morgan fingerprint density at radius 1 is 1.36 bits per heavy atom. The fraction of sp³-hybridized carbons (Fsp3) is 0.636. The van der Waals surface area contributed by atoms with E-state index in [-0.39, 0.29) is 5.41 Å². The molecule has 0 nitrogen and oxygen atoms in total. The quantitative estimate of drug-likeness (QED) is 0.526. The lowest BCUT2D eigenvalue weighted by Gasteiger charge is -2.21. The van der Waals surface area contributed by atoms with Crippen LogP contribution in [0.25, 0.3) is 0 Å². The van der Waals surface area contributed by atoms with Crippen molar-refractivity contribution in [3.63, 3.8) is 0 Å². The van der Waals surface area contributed by atoms with E-state index in [0.717, 1.165) is 6.42 Å². The van der Waals surface area contributed by atoms with Crippen LogP contribution in [0.15, 0.2) is 23.8 Å². The first-order valence-corrected chi connectivity index (χ1v) is 4.18. The van der Waals surface area contributed by atoms with Gasteiger partial charge in [0.1, 0.15) is 0 Å². The van der Waals surface area contributed by atoms with E-state index in [9.17, 15) is 0 Å². The van der Waals surface area contributed by atoms with Gasteiger partial charge in [-0.25, -0.2) is 0 Å². The Labute approximate surface area is 71.0 Å². The molecule has 64 valence electrons. The Bertz CT molecular complexity index is 165. The van der Waals surface area contributed by atoms with Crippen LogP contribution in [0.2, 0.25) is 0 Å². The molecule has 0 fully saturated rings. The van der Waals surface area contributed by atoms with Crippen molar-refractivity contribution in [1.82, 2.24) is 0 Å². The standard InChI is InChI=1S/C11H20/c1-7-9(2)8-10(3)11(4,5)6/h7H,3,8H2,1-2,4-6H3/b9-7-. The third kappa shape index (κ3) is 4.02. The molecule has 0 aliphatic heterocycles. The van der Waals surface area contributed by atoms with Gasteiger partial charge in [0.2, 0.25) is 0 Å². The van der Waals surface area contributed by atoms with E-state index < -0.39 is 0 Å². The van der Waals surface area contributed by atoms with E-state index in [1.165, 1.54) is 11.1 Å². The van der Waals surface area contributed by atoms with Crippen molar-refractivity contribution in [3.05, 3.63) is 23.8 Å². The first-order chi connectivity index (χ1) is 4.88. The molecule has 0 rings (SSSR count). The second kappa shape index (κ2) is 3.75. The van der Waals surface area contributed by atoms with Crippen LogP contribution in [0.4, 0.5) is 0 Å². The molecule has 0 unspecified atom stereocenters. The Kier molecular flexibility index (Phi) is 3.57. The Morgan fingerprint density at radius 2 is 1.82 bits per heavy atom. The van der Waals surface area contributed by atoms with E-state index in [1.54, 1.807) is 0 Å². The van der Waals surface area contributed by atoms with Gasteiger partial charge in [0.15, 0.2) is 0 Å². The van der Waals surface area contributed by atoms with Crippen molar-refractivity contribution in [2.45, 2.75) is 41.0 Å². The molecule has 0 N–H and O–H groups in total. The SMILES string of the molecule is C=C(C/C(C)=C\C)C(C)(C)C.